The molecule has 0 aromatic rings. The summed E-state index contributed by atoms with van der Waals surface area (Å²) < 4.78 is 8.06. The van der Waals surface area contributed by atoms with E-state index in [4.69, 9.17) is 0 Å². The number of hydrogen-bond donors (Lipinski definition) is 0. The summed E-state index contributed by atoms with van der Waals surface area (Å²) in [7, 11) is 2.88. The second kappa shape index (κ2) is 5.52. The predicted molar refractivity (Wildman–Crippen MR) is 32.7 cm³/mol. The van der Waals surface area contributed by atoms with Crippen LogP contribution in [-0.2, 0) is 19.4 Å². The maximum absolute atomic E-state index is 10.4. The Kier molecular flexibility index (Phi) is 4.89. The van der Waals surface area contributed by atoms with Crippen LogP contribution in [0, 0.1) is 7.11 Å². The van der Waals surface area contributed by atoms with Crippen LogP contribution >= 0.6 is 0 Å². The van der Waals surface area contributed by atoms with Crippen molar-refractivity contribution in [3.05, 3.63) is 7.11 Å². The Hall–Kier alpha value is -1.26. The van der Waals surface area contributed by atoms with Crippen molar-refractivity contribution in [1.29, 1.82) is 0 Å². The van der Waals surface area contributed by atoms with E-state index in [1.807, 2.05) is 0 Å². The van der Waals surface area contributed by atoms with Crippen molar-refractivity contribution in [3.63, 3.8) is 0 Å². The van der Waals surface area contributed by atoms with E-state index in [9.17, 15) is 14.7 Å². The van der Waals surface area contributed by atoms with Gasteiger partial charge in [0.1, 0.15) is 7.11 Å². The first-order valence-electron chi connectivity index (χ1n) is 2.95. The number of ether oxygens (including phenoxy) is 2. The first-order chi connectivity index (χ1) is 5.16. The maximum Gasteiger partial charge on any atom is 0.549 e. The molecule has 0 aliphatic heterocycles. The fourth-order valence-corrected chi connectivity index (χ4v) is 0.444. The fourth-order valence-electron chi connectivity index (χ4n) is 0.444. The Balaban J connectivity index is 3.14. The van der Waals surface area contributed by atoms with Crippen molar-refractivity contribution in [1.82, 2.24) is 0 Å². The minimum Gasteiger partial charge on any atom is -0.462 e. The molecule has 0 aromatic heterocycles. The standard InChI is InChI=1S/C6H8O5/c1-10-5(7)3-2-4-11-6(8)9/h1-4H2. The summed E-state index contributed by atoms with van der Waals surface area (Å²) in [6, 6.07) is 0. The van der Waals surface area contributed by atoms with Crippen LogP contribution in [0.5, 0.6) is 0 Å². The predicted octanol–water partition coefficient (Wildman–Crippen LogP) is 0.668. The topological polar surface area (TPSA) is 72.5 Å². The van der Waals surface area contributed by atoms with Gasteiger partial charge in [-0.1, -0.05) is 0 Å². The molecule has 0 saturated heterocycles. The van der Waals surface area contributed by atoms with Crippen molar-refractivity contribution in [3.8, 4) is 0 Å². The van der Waals surface area contributed by atoms with Crippen LogP contribution in [0.15, 0.2) is 0 Å². The van der Waals surface area contributed by atoms with E-state index in [2.05, 4.69) is 16.6 Å². The van der Waals surface area contributed by atoms with Crippen LogP contribution in [0.1, 0.15) is 12.8 Å². The number of hydrogen-bond acceptors (Lipinski definition) is 4. The fraction of sp³-hybridized carbons (Fsp3) is 0.500. The molecule has 0 amide bonds. The molecular formula is C6H8O5. The van der Waals surface area contributed by atoms with Crippen molar-refractivity contribution >= 4 is 12.1 Å². The lowest BCUT2D eigenvalue weighted by Crippen LogP contribution is -2.04. The molecule has 0 heterocycles. The molecule has 0 fully saturated rings. The molecule has 0 aromatic carbocycles. The van der Waals surface area contributed by atoms with Crippen LogP contribution in [0.25, 0.3) is 0 Å². The monoisotopic (exact) mass is 160 g/mol. The Morgan fingerprint density at radius 1 is 1.36 bits per heavy atom. The lowest BCUT2D eigenvalue weighted by atomic mass is 10.3. The van der Waals surface area contributed by atoms with E-state index >= 15 is 0 Å². The molecule has 0 saturated carbocycles. The van der Waals surface area contributed by atoms with Gasteiger partial charge in [0.05, 0.1) is 6.61 Å². The Labute approximate surface area is 63.9 Å². The van der Waals surface area contributed by atoms with Crippen molar-refractivity contribution in [2.24, 2.45) is 0 Å². The highest BCUT2D eigenvalue weighted by Gasteiger charge is 2.02. The summed E-state index contributed by atoms with van der Waals surface area (Å²) >= 11 is 0. The minimum absolute atomic E-state index is 0.0581. The zero-order valence-corrected chi connectivity index (χ0v) is 5.87. The van der Waals surface area contributed by atoms with Crippen molar-refractivity contribution in [2.75, 3.05) is 6.61 Å². The lowest BCUT2D eigenvalue weighted by molar-refractivity contribution is -0.138. The molecule has 62 valence electrons. The van der Waals surface area contributed by atoms with Crippen LogP contribution in [0.3, 0.4) is 0 Å². The summed E-state index contributed by atoms with van der Waals surface area (Å²) in [5.41, 5.74) is 0. The van der Waals surface area contributed by atoms with Crippen LogP contribution < -0.4 is 0 Å². The number of rotatable bonds is 4. The number of carbonyl (C=O) groups excluding carboxylic acids is 2. The van der Waals surface area contributed by atoms with Crippen LogP contribution in [0.4, 0.5) is 4.79 Å². The summed E-state index contributed by atoms with van der Waals surface area (Å²) in [4.78, 5) is 20.0. The second-order valence-corrected chi connectivity index (χ2v) is 1.72. The van der Waals surface area contributed by atoms with Crippen LogP contribution in [0.2, 0.25) is 0 Å². The van der Waals surface area contributed by atoms with Gasteiger partial charge in [0, 0.05) is 6.42 Å². The molecule has 2 radical (unpaired) electrons. The first kappa shape index (κ1) is 9.74. The SMILES string of the molecule is [CH2]OC(=O)CCCOC([O])=O. The molecule has 0 aliphatic rings. The molecule has 0 rings (SSSR count). The highest BCUT2D eigenvalue weighted by molar-refractivity contribution is 5.69. The van der Waals surface area contributed by atoms with E-state index in [0.29, 0.717) is 0 Å². The van der Waals surface area contributed by atoms with Gasteiger partial charge in [-0.15, -0.1) is 0 Å². The third-order valence-electron chi connectivity index (χ3n) is 0.906. The summed E-state index contributed by atoms with van der Waals surface area (Å²) in [5.74, 6) is -0.494. The number of carbonyl (C=O) groups is 2. The third kappa shape index (κ3) is 6.63. The van der Waals surface area contributed by atoms with E-state index in [0.717, 1.165) is 0 Å². The normalized spacial score (nSPS) is 8.82. The Bertz CT molecular complexity index is 142. The smallest absolute Gasteiger partial charge is 0.462 e. The quantitative estimate of drug-likeness (QED) is 0.447. The van der Waals surface area contributed by atoms with Crippen molar-refractivity contribution < 1.29 is 24.2 Å². The lowest BCUT2D eigenvalue weighted by Gasteiger charge is -1.97. The molecule has 5 nitrogen and oxygen atoms in total. The second-order valence-electron chi connectivity index (χ2n) is 1.72. The Morgan fingerprint density at radius 3 is 2.45 bits per heavy atom. The zero-order valence-electron chi connectivity index (χ0n) is 5.87. The highest BCUT2D eigenvalue weighted by atomic mass is 16.7. The molecule has 0 N–H and O–H groups in total. The van der Waals surface area contributed by atoms with E-state index in [1.165, 1.54) is 0 Å². The van der Waals surface area contributed by atoms with Gasteiger partial charge < -0.3 is 9.47 Å². The minimum atomic E-state index is -1.59. The Morgan fingerprint density at radius 2 is 2.00 bits per heavy atom. The molecule has 0 bridgehead atoms. The van der Waals surface area contributed by atoms with Crippen molar-refractivity contribution in [2.45, 2.75) is 12.8 Å². The van der Waals surface area contributed by atoms with Gasteiger partial charge in [0.25, 0.3) is 0 Å². The largest absolute Gasteiger partial charge is 0.549 e. The maximum atomic E-state index is 10.4. The van der Waals surface area contributed by atoms with E-state index in [1.54, 1.807) is 0 Å². The summed E-state index contributed by atoms with van der Waals surface area (Å²) in [6.45, 7) is -0.0581. The molecule has 0 atom stereocenters. The van der Waals surface area contributed by atoms with E-state index in [-0.39, 0.29) is 19.4 Å². The van der Waals surface area contributed by atoms with Gasteiger partial charge in [-0.2, -0.15) is 9.90 Å². The summed E-state index contributed by atoms with van der Waals surface area (Å²) in [6.07, 6.45) is -1.22. The van der Waals surface area contributed by atoms with Gasteiger partial charge in [0.2, 0.25) is 0 Å². The third-order valence-corrected chi connectivity index (χ3v) is 0.906. The molecule has 11 heavy (non-hydrogen) atoms. The molecule has 0 unspecified atom stereocenters. The average Bonchev–Trinajstić information content (AvgIpc) is 1.97. The highest BCUT2D eigenvalue weighted by Crippen LogP contribution is 1.92. The number of esters is 1. The van der Waals surface area contributed by atoms with Gasteiger partial charge >= 0.3 is 12.1 Å². The van der Waals surface area contributed by atoms with Gasteiger partial charge in [-0.05, 0) is 6.42 Å². The molecular weight excluding hydrogens is 152 g/mol. The van der Waals surface area contributed by atoms with E-state index < -0.39 is 12.1 Å². The zero-order chi connectivity index (χ0) is 8.69. The average molecular weight is 160 g/mol. The molecule has 0 spiro atoms. The molecule has 5 heteroatoms. The van der Waals surface area contributed by atoms with Gasteiger partial charge in [0.15, 0.2) is 0 Å². The molecule has 0 aliphatic carbocycles. The van der Waals surface area contributed by atoms with Gasteiger partial charge in [-0.3, -0.25) is 4.79 Å². The van der Waals surface area contributed by atoms with Crippen LogP contribution in [-0.4, -0.2) is 18.7 Å². The van der Waals surface area contributed by atoms with Gasteiger partial charge in [-0.25, -0.2) is 0 Å². The first-order valence-corrected chi connectivity index (χ1v) is 2.95. The summed E-state index contributed by atoms with van der Waals surface area (Å²) in [5, 5.41) is 9.65.